The number of aromatic nitrogens is 6. The van der Waals surface area contributed by atoms with E-state index in [1.54, 1.807) is 24.6 Å². The number of hydrogen-bond donors (Lipinski definition) is 2. The van der Waals surface area contributed by atoms with Gasteiger partial charge in [0.25, 0.3) is 0 Å². The summed E-state index contributed by atoms with van der Waals surface area (Å²) in [6, 6.07) is 3.26. The molecule has 0 bridgehead atoms. The van der Waals surface area contributed by atoms with Crippen LogP contribution < -0.4 is 15.4 Å². The second-order valence-electron chi connectivity index (χ2n) is 9.66. The Labute approximate surface area is 196 Å². The monoisotopic (exact) mass is 468 g/mol. The summed E-state index contributed by atoms with van der Waals surface area (Å²) in [5.74, 6) is 0.663. The van der Waals surface area contributed by atoms with Crippen LogP contribution in [0.15, 0.2) is 24.5 Å². The summed E-state index contributed by atoms with van der Waals surface area (Å²) in [7, 11) is 1.47. The normalized spacial score (nSPS) is 19.3. The fraction of sp³-hybridized carbons (Fsp3) is 0.478. The minimum absolute atomic E-state index is 0.0319. The van der Waals surface area contributed by atoms with Gasteiger partial charge in [0.1, 0.15) is 11.6 Å². The lowest BCUT2D eigenvalue weighted by molar-refractivity contribution is 0.0577. The predicted octanol–water partition coefficient (Wildman–Crippen LogP) is 2.75. The minimum Gasteiger partial charge on any atom is -0.497 e. The van der Waals surface area contributed by atoms with E-state index in [1.165, 1.54) is 17.7 Å². The lowest BCUT2D eigenvalue weighted by Crippen LogP contribution is -2.41. The Morgan fingerprint density at radius 1 is 1.26 bits per heavy atom. The van der Waals surface area contributed by atoms with Gasteiger partial charge >= 0.3 is 0 Å². The summed E-state index contributed by atoms with van der Waals surface area (Å²) >= 11 is 0. The topological polar surface area (TPSA) is 120 Å². The molecule has 1 aliphatic heterocycles. The number of nitrogens with two attached hydrogens (primary N) is 1. The van der Waals surface area contributed by atoms with Crippen molar-refractivity contribution in [3.8, 4) is 5.75 Å². The largest absolute Gasteiger partial charge is 0.497 e. The molecule has 0 spiro atoms. The molecule has 1 aromatic carbocycles. The number of methoxy groups -OCH3 is 1. The van der Waals surface area contributed by atoms with E-state index in [4.69, 9.17) is 15.5 Å². The summed E-state index contributed by atoms with van der Waals surface area (Å²) in [6.45, 7) is 6.79. The Morgan fingerprint density at radius 3 is 2.79 bits per heavy atom. The zero-order valence-electron chi connectivity index (χ0n) is 19.7. The van der Waals surface area contributed by atoms with E-state index in [-0.39, 0.29) is 17.3 Å². The highest BCUT2D eigenvalue weighted by molar-refractivity contribution is 5.93. The molecular formula is C23H29FN8O2. The minimum atomic E-state index is -0.851. The van der Waals surface area contributed by atoms with Crippen LogP contribution in [0.5, 0.6) is 5.75 Å². The third-order valence-electron chi connectivity index (χ3n) is 6.33. The second-order valence-corrected chi connectivity index (χ2v) is 9.66. The Hall–Kier alpha value is -3.47. The third-order valence-corrected chi connectivity index (χ3v) is 6.33. The molecular weight excluding hydrogens is 439 g/mol. The fourth-order valence-electron chi connectivity index (χ4n) is 4.65. The van der Waals surface area contributed by atoms with Gasteiger partial charge in [0.2, 0.25) is 5.95 Å². The number of benzene rings is 1. The standard InChI is InChI=1S/C23H29FN8O2/c1-13-5-6-14(10-31(13)15-9-26-30(11-15)12-23(2,3)33)20-28-21-19-17(24)7-16(34-4)8-18(19)27-22(25)32(21)29-20/h7-9,11,13-14,33H,5-6,10,12H2,1-4H3,(H2,25,27)/t13-,14+/m0/s1. The Bertz CT molecular complexity index is 1360. The van der Waals surface area contributed by atoms with E-state index in [9.17, 15) is 9.50 Å². The molecule has 2 atom stereocenters. The lowest BCUT2D eigenvalue weighted by Gasteiger charge is -2.37. The smallest absolute Gasteiger partial charge is 0.223 e. The molecule has 0 unspecified atom stereocenters. The molecule has 180 valence electrons. The molecule has 3 N–H and O–H groups in total. The number of halogens is 1. The van der Waals surface area contributed by atoms with E-state index >= 15 is 0 Å². The van der Waals surface area contributed by atoms with Crippen LogP contribution >= 0.6 is 0 Å². The molecule has 0 amide bonds. The number of aliphatic hydroxyl groups is 1. The quantitative estimate of drug-likeness (QED) is 0.459. The van der Waals surface area contributed by atoms with E-state index in [1.807, 2.05) is 12.4 Å². The number of nitrogens with zero attached hydrogens (tertiary/aromatic N) is 7. The van der Waals surface area contributed by atoms with Gasteiger partial charge in [0, 0.05) is 36.8 Å². The van der Waals surface area contributed by atoms with Crippen LogP contribution in [0.25, 0.3) is 16.6 Å². The molecule has 0 radical (unpaired) electrons. The van der Waals surface area contributed by atoms with E-state index < -0.39 is 11.4 Å². The zero-order valence-corrected chi connectivity index (χ0v) is 19.7. The maximum Gasteiger partial charge on any atom is 0.223 e. The highest BCUT2D eigenvalue weighted by atomic mass is 19.1. The number of piperidine rings is 1. The van der Waals surface area contributed by atoms with Crippen LogP contribution in [0.1, 0.15) is 45.4 Å². The van der Waals surface area contributed by atoms with E-state index in [0.29, 0.717) is 41.9 Å². The number of anilines is 2. The van der Waals surface area contributed by atoms with Crippen molar-refractivity contribution in [1.29, 1.82) is 0 Å². The number of rotatable bonds is 5. The lowest BCUT2D eigenvalue weighted by atomic mass is 9.92. The number of hydrogen-bond acceptors (Lipinski definition) is 8. The number of fused-ring (bicyclic) bond motifs is 3. The zero-order chi connectivity index (χ0) is 24.2. The highest BCUT2D eigenvalue weighted by Gasteiger charge is 2.31. The maximum atomic E-state index is 14.9. The first-order valence-electron chi connectivity index (χ1n) is 11.3. The third kappa shape index (κ3) is 4.00. The van der Waals surface area contributed by atoms with Crippen molar-refractivity contribution in [3.05, 3.63) is 36.2 Å². The van der Waals surface area contributed by atoms with Gasteiger partial charge < -0.3 is 20.5 Å². The summed E-state index contributed by atoms with van der Waals surface area (Å²) in [6.07, 6.45) is 5.61. The molecule has 1 fully saturated rings. The van der Waals surface area contributed by atoms with Crippen LogP contribution in [-0.2, 0) is 6.54 Å². The molecule has 10 nitrogen and oxygen atoms in total. The summed E-state index contributed by atoms with van der Waals surface area (Å²) in [5, 5.41) is 19.4. The molecule has 1 saturated heterocycles. The van der Waals surface area contributed by atoms with Crippen molar-refractivity contribution < 1.29 is 14.2 Å². The predicted molar refractivity (Wildman–Crippen MR) is 127 cm³/mol. The Morgan fingerprint density at radius 2 is 2.06 bits per heavy atom. The first-order valence-corrected chi connectivity index (χ1v) is 11.3. The van der Waals surface area contributed by atoms with Gasteiger partial charge in [0.05, 0.1) is 42.0 Å². The molecule has 1 aliphatic rings. The maximum absolute atomic E-state index is 14.9. The SMILES string of the molecule is COc1cc(F)c2c(c1)nc(N)n1nc([C@@H]3CC[C@H](C)N(c4cnn(CC(C)(C)O)c4)C3)nc21. The second kappa shape index (κ2) is 8.08. The van der Waals surface area contributed by atoms with Crippen LogP contribution in [0.4, 0.5) is 16.0 Å². The average Bonchev–Trinajstić information content (AvgIpc) is 3.40. The number of nitrogen functional groups attached to an aromatic ring is 1. The van der Waals surface area contributed by atoms with Crippen molar-refractivity contribution in [2.24, 2.45) is 0 Å². The van der Waals surface area contributed by atoms with E-state index in [0.717, 1.165) is 18.5 Å². The Balaban J connectivity index is 1.49. The van der Waals surface area contributed by atoms with Gasteiger partial charge in [0.15, 0.2) is 11.5 Å². The van der Waals surface area contributed by atoms with Crippen LogP contribution in [0.3, 0.4) is 0 Å². The van der Waals surface area contributed by atoms with Gasteiger partial charge in [-0.2, -0.15) is 9.61 Å². The van der Waals surface area contributed by atoms with Crippen molar-refractivity contribution in [1.82, 2.24) is 29.4 Å². The molecule has 4 aromatic rings. The van der Waals surface area contributed by atoms with Crippen LogP contribution in [0.2, 0.25) is 0 Å². The van der Waals surface area contributed by atoms with Crippen LogP contribution in [-0.4, -0.2) is 59.8 Å². The van der Waals surface area contributed by atoms with E-state index in [2.05, 4.69) is 27.0 Å². The Kier molecular flexibility index (Phi) is 5.31. The van der Waals surface area contributed by atoms with Crippen molar-refractivity contribution in [2.45, 2.75) is 57.7 Å². The molecule has 0 saturated carbocycles. The first-order chi connectivity index (χ1) is 16.1. The van der Waals surface area contributed by atoms with Crippen molar-refractivity contribution in [3.63, 3.8) is 0 Å². The van der Waals surface area contributed by atoms with Gasteiger partial charge in [-0.1, -0.05) is 0 Å². The molecule has 5 rings (SSSR count). The highest BCUT2D eigenvalue weighted by Crippen LogP contribution is 2.34. The molecule has 3 aromatic heterocycles. The summed E-state index contributed by atoms with van der Waals surface area (Å²) < 4.78 is 23.2. The van der Waals surface area contributed by atoms with Crippen molar-refractivity contribution >= 4 is 28.2 Å². The van der Waals surface area contributed by atoms with Crippen molar-refractivity contribution in [2.75, 3.05) is 24.3 Å². The van der Waals surface area contributed by atoms with Gasteiger partial charge in [-0.15, -0.1) is 5.10 Å². The van der Waals surface area contributed by atoms with Gasteiger partial charge in [-0.05, 0) is 33.6 Å². The fourth-order valence-corrected chi connectivity index (χ4v) is 4.65. The van der Waals surface area contributed by atoms with Crippen LogP contribution in [0, 0.1) is 5.82 Å². The first kappa shape index (κ1) is 22.3. The number of ether oxygens (including phenoxy) is 1. The average molecular weight is 469 g/mol. The summed E-state index contributed by atoms with van der Waals surface area (Å²) in [5.41, 5.74) is 7.00. The molecule has 0 aliphatic carbocycles. The molecule has 4 heterocycles. The molecule has 34 heavy (non-hydrogen) atoms. The van der Waals surface area contributed by atoms with Gasteiger partial charge in [-0.25, -0.2) is 14.4 Å². The van der Waals surface area contributed by atoms with Gasteiger partial charge in [-0.3, -0.25) is 4.68 Å². The summed E-state index contributed by atoms with van der Waals surface area (Å²) in [4.78, 5) is 11.3. The molecule has 11 heteroatoms.